The number of benzene rings is 2. The second-order valence-electron chi connectivity index (χ2n) is 6.55. The monoisotopic (exact) mass is 370 g/mol. The molecule has 1 heterocycles. The van der Waals surface area contributed by atoms with E-state index in [-0.39, 0.29) is 0 Å². The number of carbonyl (C=O) groups is 1. The zero-order valence-corrected chi connectivity index (χ0v) is 15.3. The summed E-state index contributed by atoms with van der Waals surface area (Å²) in [6.45, 7) is 2.15. The van der Waals surface area contributed by atoms with Gasteiger partial charge in [-0.05, 0) is 60.7 Å². The number of nitrogens with zero attached hydrogens (tertiary/aromatic N) is 1. The van der Waals surface area contributed by atoms with Gasteiger partial charge in [0.25, 0.3) is 5.91 Å². The minimum atomic E-state index is -0.529. The van der Waals surface area contributed by atoms with E-state index in [9.17, 15) is 4.79 Å². The van der Waals surface area contributed by atoms with Crippen molar-refractivity contribution in [3.05, 3.63) is 76.3 Å². The highest BCUT2D eigenvalue weighted by Gasteiger charge is 2.25. The van der Waals surface area contributed by atoms with Crippen molar-refractivity contribution in [3.63, 3.8) is 0 Å². The highest BCUT2D eigenvalue weighted by molar-refractivity contribution is 6.30. The normalized spacial score (nSPS) is 17.7. The fraction of sp³-hybridized carbons (Fsp3) is 0.286. The van der Waals surface area contributed by atoms with Crippen molar-refractivity contribution in [1.29, 1.82) is 0 Å². The van der Waals surface area contributed by atoms with Crippen LogP contribution in [0.15, 0.2) is 54.6 Å². The van der Waals surface area contributed by atoms with Crippen LogP contribution >= 0.6 is 11.6 Å². The van der Waals surface area contributed by atoms with Crippen LogP contribution in [0.1, 0.15) is 35.6 Å². The van der Waals surface area contributed by atoms with Crippen LogP contribution in [-0.4, -0.2) is 29.1 Å². The summed E-state index contributed by atoms with van der Waals surface area (Å²) in [7, 11) is 0. The van der Waals surface area contributed by atoms with E-state index < -0.39 is 5.91 Å². The molecule has 5 heteroatoms. The first-order chi connectivity index (χ1) is 12.7. The summed E-state index contributed by atoms with van der Waals surface area (Å²) in [4.78, 5) is 13.6. The van der Waals surface area contributed by atoms with Gasteiger partial charge in [0, 0.05) is 23.7 Å². The van der Waals surface area contributed by atoms with Crippen molar-refractivity contribution >= 4 is 23.6 Å². The van der Waals surface area contributed by atoms with Gasteiger partial charge in [-0.2, -0.15) is 0 Å². The van der Waals surface area contributed by atoms with Crippen LogP contribution in [0, 0.1) is 0 Å². The van der Waals surface area contributed by atoms with Crippen LogP contribution in [0.5, 0.6) is 0 Å². The molecule has 2 N–H and O–H groups in total. The lowest BCUT2D eigenvalue weighted by atomic mass is 10.0. The summed E-state index contributed by atoms with van der Waals surface area (Å²) < 4.78 is 0. The first-order valence-corrected chi connectivity index (χ1v) is 9.24. The maximum absolute atomic E-state index is 11.0. The van der Waals surface area contributed by atoms with Crippen molar-refractivity contribution in [2.45, 2.75) is 25.3 Å². The molecule has 1 saturated heterocycles. The lowest BCUT2D eigenvalue weighted by Crippen LogP contribution is -2.25. The molecule has 1 unspecified atom stereocenters. The van der Waals surface area contributed by atoms with Gasteiger partial charge in [0.1, 0.15) is 0 Å². The Bertz CT molecular complexity index is 757. The van der Waals surface area contributed by atoms with E-state index in [1.54, 1.807) is 11.6 Å². The number of hydroxylamine groups is 1. The Morgan fingerprint density at radius 1 is 1.19 bits per heavy atom. The van der Waals surface area contributed by atoms with Crippen LogP contribution in [-0.2, 0) is 11.2 Å². The number of nitrogens with one attached hydrogen (secondary N) is 1. The quantitative estimate of drug-likeness (QED) is 0.454. The first-order valence-electron chi connectivity index (χ1n) is 8.86. The topological polar surface area (TPSA) is 52.6 Å². The number of halogens is 1. The van der Waals surface area contributed by atoms with Crippen LogP contribution in [0.25, 0.3) is 6.08 Å². The molecular formula is C21H23ClN2O2. The van der Waals surface area contributed by atoms with E-state index >= 15 is 0 Å². The molecule has 0 bridgehead atoms. The second kappa shape index (κ2) is 8.99. The summed E-state index contributed by atoms with van der Waals surface area (Å²) >= 11 is 5.95. The van der Waals surface area contributed by atoms with E-state index in [1.807, 2.05) is 24.3 Å². The minimum Gasteiger partial charge on any atom is -0.296 e. The Hall–Kier alpha value is -2.14. The highest BCUT2D eigenvalue weighted by Crippen LogP contribution is 2.32. The summed E-state index contributed by atoms with van der Waals surface area (Å²) in [5.74, 6) is -0.529. The van der Waals surface area contributed by atoms with Crippen LogP contribution in [0.3, 0.4) is 0 Å². The van der Waals surface area contributed by atoms with Gasteiger partial charge >= 0.3 is 0 Å². The number of rotatable bonds is 6. The number of likely N-dealkylation sites (tertiary alicyclic amines) is 1. The summed E-state index contributed by atoms with van der Waals surface area (Å²) in [5.41, 5.74) is 5.14. The fourth-order valence-electron chi connectivity index (χ4n) is 3.43. The van der Waals surface area contributed by atoms with Crippen LogP contribution in [0.2, 0.25) is 5.02 Å². The van der Waals surface area contributed by atoms with E-state index in [0.29, 0.717) is 6.04 Å². The smallest absolute Gasteiger partial charge is 0.267 e. The van der Waals surface area contributed by atoms with Gasteiger partial charge in [0.15, 0.2) is 0 Å². The lowest BCUT2D eigenvalue weighted by Gasteiger charge is -2.25. The second-order valence-corrected chi connectivity index (χ2v) is 6.98. The molecule has 1 aliphatic rings. The molecule has 136 valence electrons. The zero-order valence-electron chi connectivity index (χ0n) is 14.6. The summed E-state index contributed by atoms with van der Waals surface area (Å²) in [5, 5.41) is 9.29. The molecule has 4 nitrogen and oxygen atoms in total. The van der Waals surface area contributed by atoms with Gasteiger partial charge in [-0.25, -0.2) is 5.48 Å². The molecular weight excluding hydrogens is 348 g/mol. The van der Waals surface area contributed by atoms with Gasteiger partial charge in [-0.1, -0.05) is 48.0 Å². The molecule has 1 fully saturated rings. The molecule has 3 rings (SSSR count). The first kappa shape index (κ1) is 18.6. The molecule has 1 aliphatic heterocycles. The van der Waals surface area contributed by atoms with Crippen molar-refractivity contribution in [2.75, 3.05) is 13.1 Å². The molecule has 2 aromatic rings. The van der Waals surface area contributed by atoms with E-state index in [1.165, 1.54) is 30.0 Å². The van der Waals surface area contributed by atoms with Gasteiger partial charge in [-0.15, -0.1) is 0 Å². The largest absolute Gasteiger partial charge is 0.296 e. The van der Waals surface area contributed by atoms with Crippen molar-refractivity contribution in [1.82, 2.24) is 10.4 Å². The number of carbonyl (C=O) groups excluding carboxylic acids is 1. The van der Waals surface area contributed by atoms with Gasteiger partial charge in [-0.3, -0.25) is 14.9 Å². The summed E-state index contributed by atoms with van der Waals surface area (Å²) in [6.07, 6.45) is 6.39. The highest BCUT2D eigenvalue weighted by atomic mass is 35.5. The third-order valence-electron chi connectivity index (χ3n) is 4.82. The van der Waals surface area contributed by atoms with Crippen LogP contribution in [0.4, 0.5) is 0 Å². The Morgan fingerprint density at radius 2 is 1.92 bits per heavy atom. The minimum absolute atomic E-state index is 0.445. The standard InChI is InChI=1S/C21H23ClN2O2/c22-19-10-5-17(6-11-19)13-15-24-14-1-2-20(24)18-8-3-16(4-9-18)7-12-21(25)23-26/h3-12,20,26H,1-2,13-15H2,(H,23,25)/b12-7+. The molecule has 0 aliphatic carbocycles. The SMILES string of the molecule is O=C(/C=C/c1ccc(C2CCCN2CCc2ccc(Cl)cc2)cc1)NO. The van der Waals surface area contributed by atoms with E-state index in [0.717, 1.165) is 30.1 Å². The average molecular weight is 371 g/mol. The number of hydrogen-bond donors (Lipinski definition) is 2. The maximum atomic E-state index is 11.0. The predicted octanol–water partition coefficient (Wildman–Crippen LogP) is 4.24. The Balaban J connectivity index is 1.61. The Labute approximate surface area is 159 Å². The Morgan fingerprint density at radius 3 is 2.62 bits per heavy atom. The van der Waals surface area contributed by atoms with Crippen LogP contribution < -0.4 is 5.48 Å². The van der Waals surface area contributed by atoms with Gasteiger partial charge in [0.05, 0.1) is 0 Å². The molecule has 1 amide bonds. The molecule has 0 aromatic heterocycles. The molecule has 0 spiro atoms. The molecule has 26 heavy (non-hydrogen) atoms. The van der Waals surface area contributed by atoms with E-state index in [2.05, 4.69) is 29.2 Å². The van der Waals surface area contributed by atoms with Crippen molar-refractivity contribution < 1.29 is 10.0 Å². The van der Waals surface area contributed by atoms with Crippen molar-refractivity contribution in [2.24, 2.45) is 0 Å². The van der Waals surface area contributed by atoms with E-state index in [4.69, 9.17) is 16.8 Å². The molecule has 0 radical (unpaired) electrons. The third kappa shape index (κ3) is 4.94. The molecule has 1 atom stereocenters. The van der Waals surface area contributed by atoms with Gasteiger partial charge in [0.2, 0.25) is 0 Å². The lowest BCUT2D eigenvalue weighted by molar-refractivity contribution is -0.124. The van der Waals surface area contributed by atoms with Crippen molar-refractivity contribution in [3.8, 4) is 0 Å². The van der Waals surface area contributed by atoms with Gasteiger partial charge < -0.3 is 0 Å². The zero-order chi connectivity index (χ0) is 18.4. The fourth-order valence-corrected chi connectivity index (χ4v) is 3.56. The molecule has 0 saturated carbocycles. The third-order valence-corrected chi connectivity index (χ3v) is 5.08. The number of amides is 1. The summed E-state index contributed by atoms with van der Waals surface area (Å²) in [6, 6.07) is 16.8. The Kier molecular flexibility index (Phi) is 6.45. The molecule has 2 aromatic carbocycles. The maximum Gasteiger partial charge on any atom is 0.267 e. The number of hydrogen-bond acceptors (Lipinski definition) is 3. The average Bonchev–Trinajstić information content (AvgIpc) is 3.14. The predicted molar refractivity (Wildman–Crippen MR) is 104 cm³/mol.